The van der Waals surface area contributed by atoms with Gasteiger partial charge in [-0.1, -0.05) is 6.92 Å². The van der Waals surface area contributed by atoms with Gasteiger partial charge in [0.05, 0.1) is 18.1 Å². The van der Waals surface area contributed by atoms with Gasteiger partial charge >= 0.3 is 0 Å². The Kier molecular flexibility index (Phi) is 8.27. The highest BCUT2D eigenvalue weighted by molar-refractivity contribution is 7.91. The molecule has 2 unspecified atom stereocenters. The molecule has 1 amide bonds. The zero-order valence-corrected chi connectivity index (χ0v) is 15.8. The number of sulfone groups is 1. The summed E-state index contributed by atoms with van der Waals surface area (Å²) in [6, 6.07) is 0.294. The molecule has 0 aromatic heterocycles. The van der Waals surface area contributed by atoms with Crippen LogP contribution in [0.2, 0.25) is 0 Å². The minimum Gasteiger partial charge on any atom is -0.338 e. The molecule has 0 bridgehead atoms. The molecular formula is C15H30ClN3O3S. The molecule has 23 heavy (non-hydrogen) atoms. The SMILES string of the molecule is CCCN(CC(=O)N(CC)C1CCS(=O)(=O)C1)C1CCNC1.Cl. The van der Waals surface area contributed by atoms with E-state index in [9.17, 15) is 13.2 Å². The molecular weight excluding hydrogens is 338 g/mol. The van der Waals surface area contributed by atoms with Gasteiger partial charge in [-0.3, -0.25) is 9.69 Å². The van der Waals surface area contributed by atoms with E-state index in [1.807, 2.05) is 6.92 Å². The Balaban J connectivity index is 0.00000264. The van der Waals surface area contributed by atoms with Crippen molar-refractivity contribution in [3.05, 3.63) is 0 Å². The third kappa shape index (κ3) is 5.59. The van der Waals surface area contributed by atoms with E-state index in [1.54, 1.807) is 4.90 Å². The number of hydrogen-bond donors (Lipinski definition) is 1. The molecule has 8 heteroatoms. The third-order valence-electron chi connectivity index (χ3n) is 4.71. The summed E-state index contributed by atoms with van der Waals surface area (Å²) >= 11 is 0. The first-order valence-electron chi connectivity index (χ1n) is 8.41. The van der Waals surface area contributed by atoms with Gasteiger partial charge in [-0.05, 0) is 39.3 Å². The highest BCUT2D eigenvalue weighted by Crippen LogP contribution is 2.18. The number of amides is 1. The van der Waals surface area contributed by atoms with Gasteiger partial charge in [-0.2, -0.15) is 0 Å². The number of carbonyl (C=O) groups excluding carboxylic acids is 1. The van der Waals surface area contributed by atoms with Crippen molar-refractivity contribution in [2.45, 2.75) is 45.2 Å². The Morgan fingerprint density at radius 3 is 2.43 bits per heavy atom. The average molecular weight is 368 g/mol. The number of hydrogen-bond acceptors (Lipinski definition) is 5. The summed E-state index contributed by atoms with van der Waals surface area (Å²) in [6.07, 6.45) is 2.69. The average Bonchev–Trinajstić information content (AvgIpc) is 3.09. The Bertz CT molecular complexity index is 480. The maximum absolute atomic E-state index is 12.7. The number of carbonyl (C=O) groups is 1. The maximum Gasteiger partial charge on any atom is 0.237 e. The van der Waals surface area contributed by atoms with Crippen LogP contribution in [0.4, 0.5) is 0 Å². The molecule has 136 valence electrons. The van der Waals surface area contributed by atoms with Gasteiger partial charge in [-0.25, -0.2) is 8.42 Å². The summed E-state index contributed by atoms with van der Waals surface area (Å²) < 4.78 is 23.3. The minimum absolute atomic E-state index is 0. The summed E-state index contributed by atoms with van der Waals surface area (Å²) in [5, 5.41) is 3.35. The van der Waals surface area contributed by atoms with Crippen LogP contribution in [0.1, 0.15) is 33.1 Å². The van der Waals surface area contributed by atoms with Gasteiger partial charge < -0.3 is 10.2 Å². The lowest BCUT2D eigenvalue weighted by Crippen LogP contribution is -2.49. The van der Waals surface area contributed by atoms with Crippen LogP contribution in [0.15, 0.2) is 0 Å². The van der Waals surface area contributed by atoms with E-state index in [1.165, 1.54) is 0 Å². The summed E-state index contributed by atoms with van der Waals surface area (Å²) in [4.78, 5) is 16.7. The van der Waals surface area contributed by atoms with Crippen LogP contribution in [0.25, 0.3) is 0 Å². The second-order valence-electron chi connectivity index (χ2n) is 6.35. The molecule has 2 aliphatic rings. The van der Waals surface area contributed by atoms with Gasteiger partial charge in [0.25, 0.3) is 0 Å². The first-order valence-corrected chi connectivity index (χ1v) is 10.2. The van der Waals surface area contributed by atoms with Gasteiger partial charge in [0.1, 0.15) is 0 Å². The topological polar surface area (TPSA) is 69.7 Å². The van der Waals surface area contributed by atoms with Crippen LogP contribution in [-0.4, -0.2) is 80.4 Å². The largest absolute Gasteiger partial charge is 0.338 e. The lowest BCUT2D eigenvalue weighted by atomic mass is 10.2. The molecule has 0 radical (unpaired) electrons. The van der Waals surface area contributed by atoms with Gasteiger partial charge in [0, 0.05) is 25.2 Å². The van der Waals surface area contributed by atoms with Crippen molar-refractivity contribution in [3.63, 3.8) is 0 Å². The fourth-order valence-electron chi connectivity index (χ4n) is 3.55. The van der Waals surface area contributed by atoms with Crippen molar-refractivity contribution >= 4 is 28.2 Å². The first kappa shape index (κ1) is 20.7. The van der Waals surface area contributed by atoms with Crippen LogP contribution in [0, 0.1) is 0 Å². The number of nitrogens with one attached hydrogen (secondary N) is 1. The summed E-state index contributed by atoms with van der Waals surface area (Å²) in [6.45, 7) is 7.92. The molecule has 2 heterocycles. The first-order chi connectivity index (χ1) is 10.5. The van der Waals surface area contributed by atoms with E-state index >= 15 is 0 Å². The summed E-state index contributed by atoms with van der Waals surface area (Å²) in [5.41, 5.74) is 0. The lowest BCUT2D eigenvalue weighted by Gasteiger charge is -2.32. The minimum atomic E-state index is -2.96. The summed E-state index contributed by atoms with van der Waals surface area (Å²) in [7, 11) is -2.96. The van der Waals surface area contributed by atoms with E-state index in [4.69, 9.17) is 0 Å². The Hall–Kier alpha value is -0.370. The van der Waals surface area contributed by atoms with Crippen molar-refractivity contribution in [2.75, 3.05) is 44.2 Å². The second-order valence-corrected chi connectivity index (χ2v) is 8.58. The number of likely N-dealkylation sites (N-methyl/N-ethyl adjacent to an activating group) is 1. The normalized spacial score (nSPS) is 26.2. The van der Waals surface area contributed by atoms with Crippen molar-refractivity contribution < 1.29 is 13.2 Å². The predicted octanol–water partition coefficient (Wildman–Crippen LogP) is 0.518. The second kappa shape index (κ2) is 9.20. The van der Waals surface area contributed by atoms with E-state index in [0.717, 1.165) is 32.5 Å². The smallest absolute Gasteiger partial charge is 0.237 e. The van der Waals surface area contributed by atoms with Crippen molar-refractivity contribution in [1.29, 1.82) is 0 Å². The Morgan fingerprint density at radius 2 is 1.96 bits per heavy atom. The standard InChI is InChI=1S/C15H29N3O3S.ClH/c1-3-8-17(13-5-7-16-10-13)11-15(19)18(4-2)14-6-9-22(20,21)12-14;/h13-14,16H,3-12H2,1-2H3;1H. The van der Waals surface area contributed by atoms with Crippen molar-refractivity contribution in [1.82, 2.24) is 15.1 Å². The number of nitrogens with zero attached hydrogens (tertiary/aromatic N) is 2. The van der Waals surface area contributed by atoms with E-state index in [0.29, 0.717) is 25.6 Å². The van der Waals surface area contributed by atoms with E-state index in [2.05, 4.69) is 17.1 Å². The Morgan fingerprint density at radius 1 is 1.22 bits per heavy atom. The van der Waals surface area contributed by atoms with Gasteiger partial charge in [0.2, 0.25) is 5.91 Å². The number of rotatable bonds is 7. The molecule has 0 aromatic carbocycles. The monoisotopic (exact) mass is 367 g/mol. The fraction of sp³-hybridized carbons (Fsp3) is 0.933. The van der Waals surface area contributed by atoms with Crippen LogP contribution in [-0.2, 0) is 14.6 Å². The molecule has 0 saturated carbocycles. The molecule has 2 saturated heterocycles. The fourth-order valence-corrected chi connectivity index (χ4v) is 5.28. The zero-order chi connectivity index (χ0) is 16.2. The quantitative estimate of drug-likeness (QED) is 0.710. The molecule has 1 N–H and O–H groups in total. The molecule has 2 rings (SSSR count). The van der Waals surface area contributed by atoms with Gasteiger partial charge in [-0.15, -0.1) is 12.4 Å². The molecule has 2 aliphatic heterocycles. The number of halogens is 1. The van der Waals surface area contributed by atoms with Crippen LogP contribution in [0.3, 0.4) is 0 Å². The highest BCUT2D eigenvalue weighted by atomic mass is 35.5. The molecule has 0 aromatic rings. The van der Waals surface area contributed by atoms with Crippen LogP contribution in [0.5, 0.6) is 0 Å². The predicted molar refractivity (Wildman–Crippen MR) is 94.8 cm³/mol. The van der Waals surface area contributed by atoms with E-state index in [-0.39, 0.29) is 35.9 Å². The zero-order valence-electron chi connectivity index (χ0n) is 14.2. The molecule has 2 fully saturated rings. The molecule has 2 atom stereocenters. The Labute approximate surface area is 146 Å². The highest BCUT2D eigenvalue weighted by Gasteiger charge is 2.35. The van der Waals surface area contributed by atoms with Crippen molar-refractivity contribution in [3.8, 4) is 0 Å². The van der Waals surface area contributed by atoms with E-state index < -0.39 is 9.84 Å². The van der Waals surface area contributed by atoms with Crippen LogP contribution < -0.4 is 5.32 Å². The van der Waals surface area contributed by atoms with Gasteiger partial charge in [0.15, 0.2) is 9.84 Å². The maximum atomic E-state index is 12.7. The lowest BCUT2D eigenvalue weighted by molar-refractivity contribution is -0.134. The molecule has 6 nitrogen and oxygen atoms in total. The van der Waals surface area contributed by atoms with Crippen LogP contribution >= 0.6 is 12.4 Å². The molecule has 0 spiro atoms. The molecule has 0 aliphatic carbocycles. The third-order valence-corrected chi connectivity index (χ3v) is 6.46. The summed E-state index contributed by atoms with van der Waals surface area (Å²) in [5.74, 6) is 0.419. The van der Waals surface area contributed by atoms with Crippen molar-refractivity contribution in [2.24, 2.45) is 0 Å².